The predicted molar refractivity (Wildman–Crippen MR) is 70.8 cm³/mol. The first kappa shape index (κ1) is 13.5. The van der Waals surface area contributed by atoms with Gasteiger partial charge in [-0.1, -0.05) is 6.42 Å². The molecular weight excluding hydrogens is 252 g/mol. The summed E-state index contributed by atoms with van der Waals surface area (Å²) in [5.41, 5.74) is 0. The fourth-order valence-electron chi connectivity index (χ4n) is 2.39. The molecule has 2 aliphatic heterocycles. The van der Waals surface area contributed by atoms with Gasteiger partial charge in [-0.15, -0.1) is 0 Å². The number of carboxylic acids is 1. The summed E-state index contributed by atoms with van der Waals surface area (Å²) in [5, 5.41) is 12.1. The number of hydrogen-bond acceptors (Lipinski definition) is 3. The van der Waals surface area contributed by atoms with Crippen LogP contribution in [-0.2, 0) is 4.79 Å². The van der Waals surface area contributed by atoms with Crippen molar-refractivity contribution in [2.75, 3.05) is 25.4 Å². The molecule has 2 amide bonds. The molecule has 0 aromatic rings. The molecule has 2 heterocycles. The Morgan fingerprint density at radius 1 is 1.33 bits per heavy atom. The van der Waals surface area contributed by atoms with Gasteiger partial charge in [-0.2, -0.15) is 11.8 Å². The molecule has 2 fully saturated rings. The first-order valence-corrected chi connectivity index (χ1v) is 7.56. The van der Waals surface area contributed by atoms with Gasteiger partial charge in [0.25, 0.3) is 0 Å². The number of aliphatic carboxylic acids is 1. The fourth-order valence-corrected chi connectivity index (χ4v) is 3.63. The normalized spacial score (nSPS) is 24.4. The highest BCUT2D eigenvalue weighted by molar-refractivity contribution is 7.99. The van der Waals surface area contributed by atoms with Crippen molar-refractivity contribution in [2.24, 2.45) is 5.92 Å². The van der Waals surface area contributed by atoms with Crippen molar-refractivity contribution < 1.29 is 14.7 Å². The van der Waals surface area contributed by atoms with Crippen LogP contribution in [0.1, 0.15) is 25.7 Å². The van der Waals surface area contributed by atoms with Crippen LogP contribution in [0.25, 0.3) is 0 Å². The van der Waals surface area contributed by atoms with E-state index in [0.717, 1.165) is 6.54 Å². The van der Waals surface area contributed by atoms with Crippen molar-refractivity contribution in [2.45, 2.75) is 30.9 Å². The molecule has 0 aliphatic carbocycles. The lowest BCUT2D eigenvalue weighted by Crippen LogP contribution is -2.54. The van der Waals surface area contributed by atoms with E-state index in [0.29, 0.717) is 18.3 Å². The number of carboxylic acid groups (broad SMARTS) is 1. The second-order valence-electron chi connectivity index (χ2n) is 5.04. The molecule has 1 atom stereocenters. The predicted octanol–water partition coefficient (Wildman–Crippen LogP) is 1.39. The highest BCUT2D eigenvalue weighted by Gasteiger charge is 2.32. The van der Waals surface area contributed by atoms with Gasteiger partial charge in [-0.25, -0.2) is 4.79 Å². The van der Waals surface area contributed by atoms with Crippen LogP contribution in [0.15, 0.2) is 0 Å². The number of likely N-dealkylation sites (tertiary alicyclic amines) is 1. The molecule has 0 saturated carbocycles. The molecule has 0 radical (unpaired) electrons. The summed E-state index contributed by atoms with van der Waals surface area (Å²) >= 11 is 1.94. The highest BCUT2D eigenvalue weighted by Crippen LogP contribution is 2.24. The first-order chi connectivity index (χ1) is 8.65. The zero-order chi connectivity index (χ0) is 13.0. The number of carbonyl (C=O) groups excluding carboxylic acids is 1. The van der Waals surface area contributed by atoms with Crippen LogP contribution in [-0.4, -0.2) is 52.6 Å². The van der Waals surface area contributed by atoms with Crippen LogP contribution in [0.4, 0.5) is 4.79 Å². The number of nitrogens with one attached hydrogen (secondary N) is 1. The van der Waals surface area contributed by atoms with Gasteiger partial charge < -0.3 is 15.3 Å². The van der Waals surface area contributed by atoms with Gasteiger partial charge in [0.1, 0.15) is 0 Å². The Balaban J connectivity index is 1.60. The molecule has 0 aromatic carbocycles. The van der Waals surface area contributed by atoms with Crippen molar-refractivity contribution in [1.29, 1.82) is 0 Å². The lowest BCUT2D eigenvalue weighted by molar-refractivity contribution is -0.139. The second-order valence-corrected chi connectivity index (χ2v) is 6.45. The molecule has 18 heavy (non-hydrogen) atoms. The Kier molecular flexibility index (Phi) is 4.74. The number of urea groups is 1. The van der Waals surface area contributed by atoms with Gasteiger partial charge in [-0.05, 0) is 18.6 Å². The first-order valence-electron chi connectivity index (χ1n) is 6.51. The van der Waals surface area contributed by atoms with Gasteiger partial charge in [-0.3, -0.25) is 4.79 Å². The van der Waals surface area contributed by atoms with Crippen LogP contribution in [0.3, 0.4) is 0 Å². The summed E-state index contributed by atoms with van der Waals surface area (Å²) in [6.45, 7) is 1.90. The summed E-state index contributed by atoms with van der Waals surface area (Å²) in [5.74, 6) is 0.557. The summed E-state index contributed by atoms with van der Waals surface area (Å²) in [4.78, 5) is 23.9. The van der Waals surface area contributed by atoms with E-state index in [9.17, 15) is 9.59 Å². The average Bonchev–Trinajstić information content (AvgIpc) is 2.31. The molecule has 1 unspecified atom stereocenters. The molecular formula is C12H20N2O3S. The fraction of sp³-hybridized carbons (Fsp3) is 0.833. The average molecular weight is 272 g/mol. The van der Waals surface area contributed by atoms with Crippen LogP contribution >= 0.6 is 11.8 Å². The van der Waals surface area contributed by atoms with Crippen molar-refractivity contribution in [3.05, 3.63) is 0 Å². The van der Waals surface area contributed by atoms with Crippen molar-refractivity contribution in [3.63, 3.8) is 0 Å². The van der Waals surface area contributed by atoms with E-state index in [2.05, 4.69) is 5.32 Å². The molecule has 5 nitrogen and oxygen atoms in total. The Morgan fingerprint density at radius 2 is 2.11 bits per heavy atom. The van der Waals surface area contributed by atoms with Crippen molar-refractivity contribution in [3.8, 4) is 0 Å². The molecule has 2 saturated heterocycles. The number of thioether (sulfide) groups is 1. The van der Waals surface area contributed by atoms with Gasteiger partial charge >= 0.3 is 12.0 Å². The van der Waals surface area contributed by atoms with Crippen molar-refractivity contribution in [1.82, 2.24) is 10.2 Å². The summed E-state index contributed by atoms with van der Waals surface area (Å²) < 4.78 is 0. The van der Waals surface area contributed by atoms with Gasteiger partial charge in [0, 0.05) is 30.8 Å². The van der Waals surface area contributed by atoms with Crippen LogP contribution in [0.5, 0.6) is 0 Å². The Morgan fingerprint density at radius 3 is 2.72 bits per heavy atom. The summed E-state index contributed by atoms with van der Waals surface area (Å²) in [6, 6.07) is -0.0391. The number of carbonyl (C=O) groups is 2. The summed E-state index contributed by atoms with van der Waals surface area (Å²) in [6.07, 6.45) is 3.91. The molecule has 6 heteroatoms. The monoisotopic (exact) mass is 272 g/mol. The molecule has 0 spiro atoms. The van der Waals surface area contributed by atoms with E-state index in [4.69, 9.17) is 5.11 Å². The SMILES string of the molecule is O=C(O)CC1CN(C(=O)NCC2CCCCS2)C1. The highest BCUT2D eigenvalue weighted by atomic mass is 32.2. The number of rotatable bonds is 4. The number of nitrogens with zero attached hydrogens (tertiary/aromatic N) is 1. The Hall–Kier alpha value is -0.910. The lowest BCUT2D eigenvalue weighted by Gasteiger charge is -2.38. The zero-order valence-electron chi connectivity index (χ0n) is 10.4. The minimum Gasteiger partial charge on any atom is -0.481 e. The summed E-state index contributed by atoms with van der Waals surface area (Å²) in [7, 11) is 0. The smallest absolute Gasteiger partial charge is 0.317 e. The van der Waals surface area contributed by atoms with Crippen molar-refractivity contribution >= 4 is 23.8 Å². The van der Waals surface area contributed by atoms with E-state index in [1.54, 1.807) is 4.90 Å². The van der Waals surface area contributed by atoms with Gasteiger partial charge in [0.05, 0.1) is 6.42 Å². The third-order valence-corrected chi connectivity index (χ3v) is 4.86. The zero-order valence-corrected chi connectivity index (χ0v) is 11.2. The lowest BCUT2D eigenvalue weighted by atomic mass is 9.97. The van der Waals surface area contributed by atoms with Crippen LogP contribution < -0.4 is 5.32 Å². The largest absolute Gasteiger partial charge is 0.481 e. The molecule has 2 N–H and O–H groups in total. The van der Waals surface area contributed by atoms with Gasteiger partial charge in [0.2, 0.25) is 0 Å². The molecule has 0 bridgehead atoms. The van der Waals surface area contributed by atoms with E-state index in [1.165, 1.54) is 25.0 Å². The van der Waals surface area contributed by atoms with E-state index in [1.807, 2.05) is 11.8 Å². The molecule has 0 aromatic heterocycles. The number of hydrogen-bond donors (Lipinski definition) is 2. The maximum Gasteiger partial charge on any atom is 0.317 e. The number of amides is 2. The molecule has 102 valence electrons. The molecule has 2 aliphatic rings. The van der Waals surface area contributed by atoms with E-state index >= 15 is 0 Å². The Bertz CT molecular complexity index is 312. The van der Waals surface area contributed by atoms with E-state index in [-0.39, 0.29) is 18.4 Å². The standard InChI is InChI=1S/C12H20N2O3S/c15-11(16)5-9-7-14(8-9)12(17)13-6-10-3-1-2-4-18-10/h9-10H,1-8H2,(H,13,17)(H,15,16). The molecule has 2 rings (SSSR count). The van der Waals surface area contributed by atoms with Gasteiger partial charge in [0.15, 0.2) is 0 Å². The third-order valence-electron chi connectivity index (χ3n) is 3.46. The third kappa shape index (κ3) is 3.80. The minimum absolute atomic E-state index is 0.0391. The van der Waals surface area contributed by atoms with E-state index < -0.39 is 5.97 Å². The maximum atomic E-state index is 11.8. The second kappa shape index (κ2) is 6.31. The minimum atomic E-state index is -0.779. The van der Waals surface area contributed by atoms with Crippen LogP contribution in [0, 0.1) is 5.92 Å². The maximum absolute atomic E-state index is 11.8. The van der Waals surface area contributed by atoms with Crippen LogP contribution in [0.2, 0.25) is 0 Å². The quantitative estimate of drug-likeness (QED) is 0.811. The Labute approximate surface area is 111 Å². The topological polar surface area (TPSA) is 69.6 Å².